The van der Waals surface area contributed by atoms with Crippen molar-refractivity contribution in [3.05, 3.63) is 40.5 Å². The molecule has 3 rings (SSSR count). The molecule has 0 bridgehead atoms. The van der Waals surface area contributed by atoms with Crippen LogP contribution in [-0.2, 0) is 14.4 Å². The van der Waals surface area contributed by atoms with Gasteiger partial charge < -0.3 is 20.6 Å². The first kappa shape index (κ1) is 26.8. The first-order valence-electron chi connectivity index (χ1n) is 11.9. The van der Waals surface area contributed by atoms with Gasteiger partial charge >= 0.3 is 0 Å². The molecule has 1 aromatic heterocycles. The highest BCUT2D eigenvalue weighted by Gasteiger charge is 2.44. The van der Waals surface area contributed by atoms with Crippen molar-refractivity contribution >= 4 is 29.1 Å². The number of aliphatic hydroxyl groups excluding tert-OH is 1. The van der Waals surface area contributed by atoms with Gasteiger partial charge in [0.1, 0.15) is 12.1 Å². The van der Waals surface area contributed by atoms with Gasteiger partial charge in [0.25, 0.3) is 0 Å². The number of aryl methyl sites for hydroxylation is 2. The summed E-state index contributed by atoms with van der Waals surface area (Å²) >= 11 is 1.60. The normalized spacial score (nSPS) is 19.8. The highest BCUT2D eigenvalue weighted by atomic mass is 32.1. The number of carbonyl (C=O) groups is 3. The molecule has 1 saturated heterocycles. The maximum Gasteiger partial charge on any atom is 0.246 e. The van der Waals surface area contributed by atoms with Crippen LogP contribution in [-0.4, -0.2) is 57.4 Å². The second kappa shape index (κ2) is 10.5. The summed E-state index contributed by atoms with van der Waals surface area (Å²) in [6.45, 7) is 12.9. The molecular weight excluding hydrogens is 464 g/mol. The number of carbonyl (C=O) groups excluding carboxylic acids is 3. The Labute approximate surface area is 211 Å². The van der Waals surface area contributed by atoms with Crippen LogP contribution in [0.2, 0.25) is 0 Å². The van der Waals surface area contributed by atoms with E-state index in [0.717, 1.165) is 27.3 Å². The lowest BCUT2D eigenvalue weighted by molar-refractivity contribution is -0.144. The Kier molecular flexibility index (Phi) is 8.01. The van der Waals surface area contributed by atoms with Crippen molar-refractivity contribution < 1.29 is 19.5 Å². The molecule has 0 spiro atoms. The van der Waals surface area contributed by atoms with Crippen LogP contribution >= 0.6 is 11.3 Å². The Bertz CT molecular complexity index is 1110. The predicted octanol–water partition coefficient (Wildman–Crippen LogP) is 3.12. The molecule has 2 heterocycles. The predicted molar refractivity (Wildman–Crippen MR) is 137 cm³/mol. The van der Waals surface area contributed by atoms with Crippen molar-refractivity contribution in [2.75, 3.05) is 6.54 Å². The molecule has 190 valence electrons. The zero-order valence-corrected chi connectivity index (χ0v) is 22.3. The molecule has 1 fully saturated rings. The van der Waals surface area contributed by atoms with Crippen LogP contribution in [0.1, 0.15) is 63.9 Å². The van der Waals surface area contributed by atoms with E-state index in [0.29, 0.717) is 0 Å². The number of thiazole rings is 1. The summed E-state index contributed by atoms with van der Waals surface area (Å²) in [7, 11) is 0. The van der Waals surface area contributed by atoms with Gasteiger partial charge in [0, 0.05) is 19.9 Å². The third kappa shape index (κ3) is 6.08. The molecular formula is C26H36N4O4S. The SMILES string of the molecule is CC(=O)N[C@H](C(=O)N1C[C@H](O)C[C@H]1C(=O)N[C@@H](C)c1ccc(-c2scnc2C)cc1C)C(C)(C)C. The molecule has 9 heteroatoms. The van der Waals surface area contributed by atoms with Gasteiger partial charge in [-0.05, 0) is 42.9 Å². The van der Waals surface area contributed by atoms with Crippen LogP contribution in [0.3, 0.4) is 0 Å². The van der Waals surface area contributed by atoms with Crippen LogP contribution < -0.4 is 10.6 Å². The van der Waals surface area contributed by atoms with Crippen LogP contribution in [0, 0.1) is 19.3 Å². The van der Waals surface area contributed by atoms with E-state index >= 15 is 0 Å². The van der Waals surface area contributed by atoms with Crippen LogP contribution in [0.15, 0.2) is 23.7 Å². The average Bonchev–Trinajstić information content (AvgIpc) is 3.36. The second-order valence-corrected chi connectivity index (χ2v) is 11.3. The summed E-state index contributed by atoms with van der Waals surface area (Å²) in [5.41, 5.74) is 5.37. The number of hydrogen-bond donors (Lipinski definition) is 3. The van der Waals surface area contributed by atoms with E-state index in [-0.39, 0.29) is 36.7 Å². The number of likely N-dealkylation sites (tertiary alicyclic amines) is 1. The lowest BCUT2D eigenvalue weighted by Gasteiger charge is -2.35. The summed E-state index contributed by atoms with van der Waals surface area (Å²) in [5, 5.41) is 16.1. The maximum absolute atomic E-state index is 13.4. The van der Waals surface area contributed by atoms with E-state index in [1.54, 1.807) is 11.3 Å². The number of rotatable bonds is 6. The van der Waals surface area contributed by atoms with E-state index in [1.807, 2.05) is 59.2 Å². The topological polar surface area (TPSA) is 112 Å². The largest absolute Gasteiger partial charge is 0.391 e. The Morgan fingerprint density at radius 2 is 1.89 bits per heavy atom. The van der Waals surface area contributed by atoms with Gasteiger partial charge in [-0.2, -0.15) is 0 Å². The zero-order chi connectivity index (χ0) is 26.1. The number of nitrogens with zero attached hydrogens (tertiary/aromatic N) is 2. The number of hydrogen-bond acceptors (Lipinski definition) is 6. The highest BCUT2D eigenvalue weighted by Crippen LogP contribution is 2.31. The van der Waals surface area contributed by atoms with Crippen LogP contribution in [0.25, 0.3) is 10.4 Å². The van der Waals surface area contributed by atoms with Gasteiger partial charge in [0.15, 0.2) is 0 Å². The number of benzene rings is 1. The van der Waals surface area contributed by atoms with Crippen molar-refractivity contribution in [1.29, 1.82) is 0 Å². The minimum atomic E-state index is -0.807. The van der Waals surface area contributed by atoms with E-state index in [4.69, 9.17) is 0 Å². The molecule has 8 nitrogen and oxygen atoms in total. The van der Waals surface area contributed by atoms with Gasteiger partial charge in [-0.1, -0.05) is 39.0 Å². The van der Waals surface area contributed by atoms with Crippen LogP contribution in [0.5, 0.6) is 0 Å². The van der Waals surface area contributed by atoms with Gasteiger partial charge in [-0.15, -0.1) is 11.3 Å². The molecule has 4 atom stereocenters. The van der Waals surface area contributed by atoms with Gasteiger partial charge in [-0.25, -0.2) is 4.98 Å². The Hall–Kier alpha value is -2.78. The van der Waals surface area contributed by atoms with Crippen molar-refractivity contribution in [3.63, 3.8) is 0 Å². The molecule has 3 N–H and O–H groups in total. The number of aromatic nitrogens is 1. The van der Waals surface area contributed by atoms with Crippen LogP contribution in [0.4, 0.5) is 0 Å². The molecule has 0 radical (unpaired) electrons. The van der Waals surface area contributed by atoms with E-state index < -0.39 is 23.6 Å². The zero-order valence-electron chi connectivity index (χ0n) is 21.5. The number of β-amino-alcohol motifs (C(OH)–C–C–N with tert-alkyl or cyclic N) is 1. The lowest BCUT2D eigenvalue weighted by atomic mass is 9.85. The summed E-state index contributed by atoms with van der Waals surface area (Å²) in [6.07, 6.45) is -0.643. The maximum atomic E-state index is 13.4. The fourth-order valence-electron chi connectivity index (χ4n) is 4.59. The van der Waals surface area contributed by atoms with Gasteiger partial charge in [-0.3, -0.25) is 14.4 Å². The summed E-state index contributed by atoms with van der Waals surface area (Å²) < 4.78 is 0. The molecule has 0 aliphatic carbocycles. The number of amides is 3. The van der Waals surface area contributed by atoms with Gasteiger partial charge in [0.2, 0.25) is 17.7 Å². The Morgan fingerprint density at radius 1 is 1.20 bits per heavy atom. The standard InChI is InChI=1S/C26H36N4O4S/c1-14-10-18(22-16(3)27-13-35-22)8-9-20(14)15(2)28-24(33)21-11-19(32)12-30(21)25(34)23(26(5,6)7)29-17(4)31/h8-10,13,15,19,21,23,32H,11-12H2,1-7H3,(H,28,33)(H,29,31)/t15-,19+,21-,23+/m0/s1. The van der Waals surface area contributed by atoms with E-state index in [1.165, 1.54) is 11.8 Å². The van der Waals surface area contributed by atoms with E-state index in [2.05, 4.69) is 21.7 Å². The third-order valence-corrected chi connectivity index (χ3v) is 7.41. The summed E-state index contributed by atoms with van der Waals surface area (Å²) in [5.74, 6) is -1.00. The van der Waals surface area contributed by atoms with Crippen molar-refractivity contribution in [1.82, 2.24) is 20.5 Å². The van der Waals surface area contributed by atoms with E-state index in [9.17, 15) is 19.5 Å². The first-order chi connectivity index (χ1) is 16.3. The molecule has 1 aliphatic heterocycles. The Balaban J connectivity index is 1.77. The first-order valence-corrected chi connectivity index (χ1v) is 12.7. The smallest absolute Gasteiger partial charge is 0.246 e. The summed E-state index contributed by atoms with van der Waals surface area (Å²) in [4.78, 5) is 45.3. The summed E-state index contributed by atoms with van der Waals surface area (Å²) in [6, 6.07) is 4.23. The average molecular weight is 501 g/mol. The minimum Gasteiger partial charge on any atom is -0.391 e. The molecule has 35 heavy (non-hydrogen) atoms. The quantitative estimate of drug-likeness (QED) is 0.564. The third-order valence-electron chi connectivity index (χ3n) is 6.43. The molecule has 1 aromatic carbocycles. The monoisotopic (exact) mass is 500 g/mol. The number of aliphatic hydroxyl groups is 1. The molecule has 3 amide bonds. The molecule has 0 saturated carbocycles. The van der Waals surface area contributed by atoms with Crippen molar-refractivity contribution in [3.8, 4) is 10.4 Å². The second-order valence-electron chi connectivity index (χ2n) is 10.5. The van der Waals surface area contributed by atoms with Crippen molar-refractivity contribution in [2.45, 2.75) is 79.1 Å². The fraction of sp³-hybridized carbons (Fsp3) is 0.538. The van der Waals surface area contributed by atoms with Gasteiger partial charge in [0.05, 0.1) is 28.2 Å². The fourth-order valence-corrected chi connectivity index (χ4v) is 5.40. The molecule has 1 aliphatic rings. The highest BCUT2D eigenvalue weighted by molar-refractivity contribution is 7.13. The lowest BCUT2D eigenvalue weighted by Crippen LogP contribution is -2.57. The minimum absolute atomic E-state index is 0.0550. The molecule has 0 unspecified atom stereocenters. The van der Waals surface area contributed by atoms with Crippen molar-refractivity contribution in [2.24, 2.45) is 5.41 Å². The number of nitrogens with one attached hydrogen (secondary N) is 2. The molecule has 2 aromatic rings. The Morgan fingerprint density at radius 3 is 2.43 bits per heavy atom.